The first-order chi connectivity index (χ1) is 14.0. The van der Waals surface area contributed by atoms with E-state index < -0.39 is 0 Å². The van der Waals surface area contributed by atoms with Crippen molar-refractivity contribution in [3.05, 3.63) is 76.5 Å². The van der Waals surface area contributed by atoms with Gasteiger partial charge in [0.15, 0.2) is 0 Å². The molecule has 0 amide bonds. The largest absolute Gasteiger partial charge is 0.404 e. The van der Waals surface area contributed by atoms with Crippen LogP contribution in [0.1, 0.15) is 65.9 Å². The molecule has 2 aromatic carbocycles. The second kappa shape index (κ2) is 9.55. The van der Waals surface area contributed by atoms with Gasteiger partial charge in [0.05, 0.1) is 16.9 Å². The minimum Gasteiger partial charge on any atom is -0.404 e. The van der Waals surface area contributed by atoms with Crippen molar-refractivity contribution in [3.63, 3.8) is 0 Å². The predicted octanol–water partition coefficient (Wildman–Crippen LogP) is 6.00. The fraction of sp³-hybridized carbons (Fsp3) is 0.360. The SMILES string of the molecule is CCCCCc1ccc(C(=O)Oc2cc(CC)nn2-c2cccc(C)c2C)cc1. The Balaban J connectivity index is 1.82. The summed E-state index contributed by atoms with van der Waals surface area (Å²) >= 11 is 0. The van der Waals surface area contributed by atoms with Crippen LogP contribution < -0.4 is 4.74 Å². The second-order valence-electron chi connectivity index (χ2n) is 7.50. The quantitative estimate of drug-likeness (QED) is 0.350. The Morgan fingerprint density at radius 1 is 1.03 bits per heavy atom. The Hall–Kier alpha value is -2.88. The molecule has 1 aromatic heterocycles. The van der Waals surface area contributed by atoms with Crippen molar-refractivity contribution < 1.29 is 9.53 Å². The lowest BCUT2D eigenvalue weighted by molar-refractivity contribution is 0.0723. The first kappa shape index (κ1) is 20.8. The number of ether oxygens (including phenoxy) is 1. The van der Waals surface area contributed by atoms with Crippen LogP contribution >= 0.6 is 0 Å². The van der Waals surface area contributed by atoms with Gasteiger partial charge in [-0.2, -0.15) is 5.10 Å². The van der Waals surface area contributed by atoms with E-state index in [1.54, 1.807) is 4.68 Å². The number of carbonyl (C=O) groups is 1. The van der Waals surface area contributed by atoms with Gasteiger partial charge in [-0.15, -0.1) is 0 Å². The number of nitrogens with zero attached hydrogens (tertiary/aromatic N) is 2. The van der Waals surface area contributed by atoms with Crippen LogP contribution in [0.25, 0.3) is 5.69 Å². The zero-order valence-electron chi connectivity index (χ0n) is 17.9. The number of unbranched alkanes of at least 4 members (excludes halogenated alkanes) is 2. The summed E-state index contributed by atoms with van der Waals surface area (Å²) in [4.78, 5) is 12.8. The lowest BCUT2D eigenvalue weighted by Crippen LogP contribution is -2.12. The van der Waals surface area contributed by atoms with Crippen LogP contribution in [0, 0.1) is 13.8 Å². The second-order valence-corrected chi connectivity index (χ2v) is 7.50. The number of aromatic nitrogens is 2. The Kier molecular flexibility index (Phi) is 6.86. The van der Waals surface area contributed by atoms with Gasteiger partial charge in [-0.3, -0.25) is 0 Å². The summed E-state index contributed by atoms with van der Waals surface area (Å²) in [5.74, 6) is 0.0896. The van der Waals surface area contributed by atoms with Gasteiger partial charge < -0.3 is 4.74 Å². The first-order valence-electron chi connectivity index (χ1n) is 10.5. The van der Waals surface area contributed by atoms with E-state index in [4.69, 9.17) is 4.74 Å². The lowest BCUT2D eigenvalue weighted by atomic mass is 10.1. The average molecular weight is 391 g/mol. The third-order valence-corrected chi connectivity index (χ3v) is 5.35. The zero-order chi connectivity index (χ0) is 20.8. The molecule has 0 aliphatic carbocycles. The van der Waals surface area contributed by atoms with Crippen LogP contribution in [-0.4, -0.2) is 15.7 Å². The van der Waals surface area contributed by atoms with Gasteiger partial charge in [-0.05, 0) is 68.0 Å². The van der Waals surface area contributed by atoms with Crippen LogP contribution in [-0.2, 0) is 12.8 Å². The highest BCUT2D eigenvalue weighted by atomic mass is 16.5. The van der Waals surface area contributed by atoms with Crippen LogP contribution in [0.15, 0.2) is 48.5 Å². The van der Waals surface area contributed by atoms with Gasteiger partial charge in [0, 0.05) is 6.07 Å². The van der Waals surface area contributed by atoms with E-state index in [0.29, 0.717) is 11.4 Å². The van der Waals surface area contributed by atoms with Crippen molar-refractivity contribution in [2.24, 2.45) is 0 Å². The molecule has 0 aliphatic rings. The molecule has 0 saturated heterocycles. The molecule has 4 nitrogen and oxygen atoms in total. The molecule has 0 unspecified atom stereocenters. The summed E-state index contributed by atoms with van der Waals surface area (Å²) in [5.41, 5.74) is 5.91. The molecule has 1 heterocycles. The van der Waals surface area contributed by atoms with E-state index in [1.165, 1.54) is 30.4 Å². The summed E-state index contributed by atoms with van der Waals surface area (Å²) in [7, 11) is 0. The van der Waals surface area contributed by atoms with Crippen molar-refractivity contribution >= 4 is 5.97 Å². The Morgan fingerprint density at radius 2 is 1.79 bits per heavy atom. The third-order valence-electron chi connectivity index (χ3n) is 5.35. The van der Waals surface area contributed by atoms with E-state index in [0.717, 1.165) is 29.8 Å². The Bertz CT molecular complexity index is 971. The molecule has 0 bridgehead atoms. The highest BCUT2D eigenvalue weighted by Gasteiger charge is 2.17. The van der Waals surface area contributed by atoms with E-state index in [1.807, 2.05) is 49.4 Å². The monoisotopic (exact) mass is 390 g/mol. The maximum atomic E-state index is 12.8. The third kappa shape index (κ3) is 4.94. The summed E-state index contributed by atoms with van der Waals surface area (Å²) in [5, 5.41) is 4.64. The van der Waals surface area contributed by atoms with Crippen LogP contribution in [0.2, 0.25) is 0 Å². The van der Waals surface area contributed by atoms with Crippen LogP contribution in [0.5, 0.6) is 5.88 Å². The summed E-state index contributed by atoms with van der Waals surface area (Å²) < 4.78 is 7.50. The summed E-state index contributed by atoms with van der Waals surface area (Å²) in [6.45, 7) is 8.36. The van der Waals surface area contributed by atoms with E-state index in [2.05, 4.69) is 31.9 Å². The molecule has 3 rings (SSSR count). The van der Waals surface area contributed by atoms with E-state index >= 15 is 0 Å². The highest BCUT2D eigenvalue weighted by molar-refractivity contribution is 5.91. The van der Waals surface area contributed by atoms with E-state index in [-0.39, 0.29) is 5.97 Å². The normalized spacial score (nSPS) is 10.9. The van der Waals surface area contributed by atoms with Crippen LogP contribution in [0.3, 0.4) is 0 Å². The van der Waals surface area contributed by atoms with Crippen molar-refractivity contribution in [2.45, 2.75) is 59.8 Å². The average Bonchev–Trinajstić information content (AvgIpc) is 3.13. The molecule has 29 heavy (non-hydrogen) atoms. The Morgan fingerprint density at radius 3 is 2.48 bits per heavy atom. The molecule has 0 fully saturated rings. The molecular weight excluding hydrogens is 360 g/mol. The van der Waals surface area contributed by atoms with Crippen molar-refractivity contribution in [3.8, 4) is 11.6 Å². The number of hydrogen-bond donors (Lipinski definition) is 0. The molecule has 4 heteroatoms. The fourth-order valence-corrected chi connectivity index (χ4v) is 3.33. The molecule has 0 atom stereocenters. The molecule has 0 N–H and O–H groups in total. The van der Waals surface area contributed by atoms with Gasteiger partial charge in [-0.25, -0.2) is 9.48 Å². The van der Waals surface area contributed by atoms with Crippen molar-refractivity contribution in [2.75, 3.05) is 0 Å². The van der Waals surface area contributed by atoms with Crippen LogP contribution in [0.4, 0.5) is 0 Å². The molecule has 3 aromatic rings. The topological polar surface area (TPSA) is 44.1 Å². The highest BCUT2D eigenvalue weighted by Crippen LogP contribution is 2.25. The number of benzene rings is 2. The van der Waals surface area contributed by atoms with Crippen molar-refractivity contribution in [1.29, 1.82) is 0 Å². The van der Waals surface area contributed by atoms with Crippen molar-refractivity contribution in [1.82, 2.24) is 9.78 Å². The van der Waals surface area contributed by atoms with Gasteiger partial charge >= 0.3 is 5.97 Å². The zero-order valence-corrected chi connectivity index (χ0v) is 17.9. The molecule has 0 aliphatic heterocycles. The minimum atomic E-state index is -0.362. The minimum absolute atomic E-state index is 0.362. The lowest BCUT2D eigenvalue weighted by Gasteiger charge is -2.12. The Labute approximate surface area is 173 Å². The van der Waals surface area contributed by atoms with E-state index in [9.17, 15) is 4.79 Å². The molecule has 0 spiro atoms. The predicted molar refractivity (Wildman–Crippen MR) is 117 cm³/mol. The standard InChI is InChI=1S/C25H30N2O2/c1-5-7-8-11-20-13-15-21(16-14-20)25(28)29-24-17-22(6-2)26-27(24)23-12-9-10-18(3)19(23)4/h9-10,12-17H,5-8,11H2,1-4H3. The number of aryl methyl sites for hydroxylation is 3. The molecular formula is C25H30N2O2. The summed E-state index contributed by atoms with van der Waals surface area (Å²) in [6, 6.07) is 15.6. The maximum absolute atomic E-state index is 12.8. The molecule has 0 saturated carbocycles. The molecule has 0 radical (unpaired) electrons. The smallest absolute Gasteiger partial charge is 0.344 e. The van der Waals surface area contributed by atoms with Gasteiger partial charge in [0.2, 0.25) is 5.88 Å². The summed E-state index contributed by atoms with van der Waals surface area (Å²) in [6.07, 6.45) is 5.43. The fourth-order valence-electron chi connectivity index (χ4n) is 3.33. The number of rotatable bonds is 8. The number of hydrogen-bond acceptors (Lipinski definition) is 3. The van der Waals surface area contributed by atoms with Gasteiger partial charge in [0.25, 0.3) is 0 Å². The van der Waals surface area contributed by atoms with Gasteiger partial charge in [0.1, 0.15) is 0 Å². The van der Waals surface area contributed by atoms with Gasteiger partial charge in [-0.1, -0.05) is 51.0 Å². The molecule has 152 valence electrons. The maximum Gasteiger partial charge on any atom is 0.344 e. The number of carbonyl (C=O) groups excluding carboxylic acids is 1. The number of esters is 1. The first-order valence-corrected chi connectivity index (χ1v) is 10.5.